The second-order valence-electron chi connectivity index (χ2n) is 5.45. The highest BCUT2D eigenvalue weighted by Crippen LogP contribution is 2.10. The molecule has 0 aliphatic carbocycles. The van der Waals surface area contributed by atoms with Crippen molar-refractivity contribution in [2.24, 2.45) is 0 Å². The Labute approximate surface area is 141 Å². The number of aromatic nitrogens is 1. The summed E-state index contributed by atoms with van der Waals surface area (Å²) in [5.41, 5.74) is -0.0473. The fourth-order valence-corrected chi connectivity index (χ4v) is 2.58. The standard InChI is InChI=1S/C17H13FN4O3/c18-13-7-10(1-2-11(13)8-19)9-21-15(23)12-3-4-14-16(24)20-5-6-22(14)17(12)25/h1-4,7H,5-6,9H2,(H,20,24)(H,21,23). The van der Waals surface area contributed by atoms with E-state index in [-0.39, 0.29) is 29.3 Å². The number of fused-ring (bicyclic) bond motifs is 1. The molecule has 0 fully saturated rings. The molecule has 2 aromatic rings. The van der Waals surface area contributed by atoms with E-state index in [1.165, 1.54) is 28.8 Å². The summed E-state index contributed by atoms with van der Waals surface area (Å²) in [4.78, 5) is 36.3. The van der Waals surface area contributed by atoms with Gasteiger partial charge in [0.05, 0.1) is 5.56 Å². The maximum Gasteiger partial charge on any atom is 0.268 e. The summed E-state index contributed by atoms with van der Waals surface area (Å²) in [6, 6.07) is 8.43. The van der Waals surface area contributed by atoms with Gasteiger partial charge in [-0.1, -0.05) is 6.07 Å². The molecule has 0 bridgehead atoms. The van der Waals surface area contributed by atoms with Crippen molar-refractivity contribution in [3.8, 4) is 6.07 Å². The summed E-state index contributed by atoms with van der Waals surface area (Å²) >= 11 is 0. The fourth-order valence-electron chi connectivity index (χ4n) is 2.58. The number of pyridine rings is 1. The zero-order chi connectivity index (χ0) is 18.0. The van der Waals surface area contributed by atoms with Crippen LogP contribution in [0.25, 0.3) is 0 Å². The third-order valence-electron chi connectivity index (χ3n) is 3.88. The monoisotopic (exact) mass is 340 g/mol. The molecule has 0 unspecified atom stereocenters. The quantitative estimate of drug-likeness (QED) is 0.850. The van der Waals surface area contributed by atoms with E-state index < -0.39 is 17.3 Å². The van der Waals surface area contributed by atoms with Gasteiger partial charge in [0.15, 0.2) is 0 Å². The molecule has 8 heteroatoms. The van der Waals surface area contributed by atoms with E-state index in [1.807, 2.05) is 0 Å². The summed E-state index contributed by atoms with van der Waals surface area (Å²) in [6.45, 7) is 0.617. The van der Waals surface area contributed by atoms with Crippen molar-refractivity contribution in [3.05, 3.63) is 68.9 Å². The summed E-state index contributed by atoms with van der Waals surface area (Å²) in [5, 5.41) is 13.9. The Hall–Kier alpha value is -3.47. The van der Waals surface area contributed by atoms with Gasteiger partial charge in [0, 0.05) is 19.6 Å². The topological polar surface area (TPSA) is 104 Å². The van der Waals surface area contributed by atoms with Crippen LogP contribution in [0.2, 0.25) is 0 Å². The molecule has 7 nitrogen and oxygen atoms in total. The van der Waals surface area contributed by atoms with Gasteiger partial charge in [0.2, 0.25) is 0 Å². The number of nitrogens with one attached hydrogen (secondary N) is 2. The normalized spacial score (nSPS) is 12.7. The van der Waals surface area contributed by atoms with Crippen molar-refractivity contribution < 1.29 is 14.0 Å². The van der Waals surface area contributed by atoms with Gasteiger partial charge in [-0.2, -0.15) is 5.26 Å². The number of benzene rings is 1. The molecule has 25 heavy (non-hydrogen) atoms. The minimum atomic E-state index is -0.672. The van der Waals surface area contributed by atoms with E-state index in [0.29, 0.717) is 18.7 Å². The van der Waals surface area contributed by atoms with Gasteiger partial charge in [-0.3, -0.25) is 14.4 Å². The van der Waals surface area contributed by atoms with E-state index in [0.717, 1.165) is 6.07 Å². The van der Waals surface area contributed by atoms with Crippen molar-refractivity contribution >= 4 is 11.8 Å². The van der Waals surface area contributed by atoms with Crippen molar-refractivity contribution in [1.29, 1.82) is 5.26 Å². The maximum atomic E-state index is 13.6. The molecule has 1 aromatic carbocycles. The van der Waals surface area contributed by atoms with Crippen LogP contribution < -0.4 is 16.2 Å². The predicted molar refractivity (Wildman–Crippen MR) is 85.3 cm³/mol. The Kier molecular flexibility index (Phi) is 4.31. The maximum absolute atomic E-state index is 13.6. The van der Waals surface area contributed by atoms with Crippen LogP contribution in [0.1, 0.15) is 32.0 Å². The van der Waals surface area contributed by atoms with Gasteiger partial charge < -0.3 is 15.2 Å². The molecule has 0 saturated heterocycles. The SMILES string of the molecule is N#Cc1ccc(CNC(=O)c2ccc3n(c2=O)CCNC3=O)cc1F. The Balaban J connectivity index is 1.78. The van der Waals surface area contributed by atoms with E-state index in [1.54, 1.807) is 6.07 Å². The number of carbonyl (C=O) groups is 2. The number of hydrogen-bond acceptors (Lipinski definition) is 4. The van der Waals surface area contributed by atoms with Crippen molar-refractivity contribution in [2.75, 3.05) is 6.54 Å². The first-order chi connectivity index (χ1) is 12.0. The van der Waals surface area contributed by atoms with Gasteiger partial charge in [-0.05, 0) is 29.8 Å². The molecule has 2 heterocycles. The average molecular weight is 340 g/mol. The van der Waals surface area contributed by atoms with Crippen molar-refractivity contribution in [2.45, 2.75) is 13.1 Å². The Morgan fingerprint density at radius 1 is 1.32 bits per heavy atom. The van der Waals surface area contributed by atoms with E-state index in [9.17, 15) is 18.8 Å². The van der Waals surface area contributed by atoms with Crippen molar-refractivity contribution in [3.63, 3.8) is 0 Å². The molecular weight excluding hydrogens is 327 g/mol. The van der Waals surface area contributed by atoms with Crippen LogP contribution >= 0.6 is 0 Å². The molecule has 126 valence electrons. The predicted octanol–water partition coefficient (Wildman–Crippen LogP) is 0.532. The van der Waals surface area contributed by atoms with E-state index in [4.69, 9.17) is 5.26 Å². The lowest BCUT2D eigenvalue weighted by molar-refractivity contribution is 0.0915. The highest BCUT2D eigenvalue weighted by atomic mass is 19.1. The van der Waals surface area contributed by atoms with Gasteiger partial charge in [-0.15, -0.1) is 0 Å². The molecule has 1 aliphatic rings. The summed E-state index contributed by atoms with van der Waals surface area (Å²) < 4.78 is 14.8. The van der Waals surface area contributed by atoms with E-state index in [2.05, 4.69) is 10.6 Å². The second-order valence-corrected chi connectivity index (χ2v) is 5.45. The van der Waals surface area contributed by atoms with Crippen LogP contribution in [0.5, 0.6) is 0 Å². The molecule has 3 rings (SSSR count). The molecule has 0 spiro atoms. The number of halogens is 1. The van der Waals surface area contributed by atoms with Gasteiger partial charge in [0.25, 0.3) is 17.4 Å². The first-order valence-electron chi connectivity index (χ1n) is 7.50. The highest BCUT2D eigenvalue weighted by Gasteiger charge is 2.21. The number of rotatable bonds is 3. The number of carbonyl (C=O) groups excluding carboxylic acids is 2. The highest BCUT2D eigenvalue weighted by molar-refractivity contribution is 5.96. The first kappa shape index (κ1) is 16.4. The van der Waals surface area contributed by atoms with Gasteiger partial charge in [-0.25, -0.2) is 4.39 Å². The van der Waals surface area contributed by atoms with Gasteiger partial charge >= 0.3 is 0 Å². The van der Waals surface area contributed by atoms with Crippen LogP contribution in [-0.4, -0.2) is 22.9 Å². The first-order valence-corrected chi connectivity index (χ1v) is 7.50. The minimum absolute atomic E-state index is 0.00311. The lowest BCUT2D eigenvalue weighted by Gasteiger charge is -2.19. The summed E-state index contributed by atoms with van der Waals surface area (Å²) in [7, 11) is 0. The third-order valence-corrected chi connectivity index (χ3v) is 3.88. The Bertz CT molecular complexity index is 975. The smallest absolute Gasteiger partial charge is 0.268 e. The number of nitriles is 1. The fraction of sp³-hybridized carbons (Fsp3) is 0.176. The third kappa shape index (κ3) is 3.12. The summed E-state index contributed by atoms with van der Waals surface area (Å²) in [5.74, 6) is -1.64. The average Bonchev–Trinajstić information content (AvgIpc) is 2.61. The lowest BCUT2D eigenvalue weighted by Crippen LogP contribution is -2.43. The molecule has 0 radical (unpaired) electrons. The minimum Gasteiger partial charge on any atom is -0.349 e. The molecule has 0 saturated carbocycles. The second kappa shape index (κ2) is 6.57. The van der Waals surface area contributed by atoms with Crippen LogP contribution in [0.3, 0.4) is 0 Å². The number of amides is 2. The van der Waals surface area contributed by atoms with Crippen LogP contribution in [-0.2, 0) is 13.1 Å². The van der Waals surface area contributed by atoms with Crippen LogP contribution in [0, 0.1) is 17.1 Å². The summed E-state index contributed by atoms with van der Waals surface area (Å²) in [6.07, 6.45) is 0. The molecule has 1 aromatic heterocycles. The molecule has 0 atom stereocenters. The zero-order valence-corrected chi connectivity index (χ0v) is 13.0. The molecular formula is C17H13FN4O3. The van der Waals surface area contributed by atoms with Gasteiger partial charge in [0.1, 0.15) is 23.1 Å². The molecule has 1 aliphatic heterocycles. The Morgan fingerprint density at radius 3 is 2.84 bits per heavy atom. The largest absolute Gasteiger partial charge is 0.349 e. The Morgan fingerprint density at radius 2 is 2.12 bits per heavy atom. The zero-order valence-electron chi connectivity index (χ0n) is 13.0. The number of nitrogens with zero attached hydrogens (tertiary/aromatic N) is 2. The molecule has 2 N–H and O–H groups in total. The van der Waals surface area contributed by atoms with Crippen molar-refractivity contribution in [1.82, 2.24) is 15.2 Å². The van der Waals surface area contributed by atoms with Crippen LogP contribution in [0.15, 0.2) is 35.1 Å². The lowest BCUT2D eigenvalue weighted by atomic mass is 10.1. The van der Waals surface area contributed by atoms with Crippen LogP contribution in [0.4, 0.5) is 4.39 Å². The van der Waals surface area contributed by atoms with E-state index >= 15 is 0 Å². The number of hydrogen-bond donors (Lipinski definition) is 2. The molecule has 2 amide bonds.